The fourth-order valence-corrected chi connectivity index (χ4v) is 1.66. The summed E-state index contributed by atoms with van der Waals surface area (Å²) in [6.07, 6.45) is 4.80. The third kappa shape index (κ3) is 2.80. The molecule has 1 aromatic rings. The summed E-state index contributed by atoms with van der Waals surface area (Å²) in [5.74, 6) is 1.07. The highest BCUT2D eigenvalue weighted by atomic mass is 32.2. The minimum absolute atomic E-state index is 0.0396. The van der Waals surface area contributed by atoms with Crippen LogP contribution < -0.4 is 11.3 Å². The number of nitrogen functional groups attached to an aromatic ring is 1. The van der Waals surface area contributed by atoms with E-state index in [0.29, 0.717) is 5.69 Å². The van der Waals surface area contributed by atoms with Crippen molar-refractivity contribution in [1.29, 1.82) is 0 Å². The molecule has 0 aliphatic carbocycles. The number of anilines is 1. The SMILES string of the molecule is CSCCCn1cc(N)c(C)cc1=O. The number of hydrogen-bond acceptors (Lipinski definition) is 3. The van der Waals surface area contributed by atoms with Crippen LogP contribution in [0, 0.1) is 6.92 Å². The monoisotopic (exact) mass is 212 g/mol. The van der Waals surface area contributed by atoms with E-state index in [1.165, 1.54) is 0 Å². The van der Waals surface area contributed by atoms with Crippen LogP contribution in [-0.2, 0) is 6.54 Å². The van der Waals surface area contributed by atoms with E-state index >= 15 is 0 Å². The fraction of sp³-hybridized carbons (Fsp3) is 0.500. The minimum atomic E-state index is 0.0396. The maximum Gasteiger partial charge on any atom is 0.250 e. The summed E-state index contributed by atoms with van der Waals surface area (Å²) in [7, 11) is 0. The number of thioether (sulfide) groups is 1. The molecule has 78 valence electrons. The summed E-state index contributed by atoms with van der Waals surface area (Å²) in [6.45, 7) is 2.60. The van der Waals surface area contributed by atoms with Crippen molar-refractivity contribution in [3.8, 4) is 0 Å². The summed E-state index contributed by atoms with van der Waals surface area (Å²) in [5.41, 5.74) is 7.31. The first kappa shape index (κ1) is 11.2. The first-order chi connectivity index (χ1) is 6.65. The van der Waals surface area contributed by atoms with Crippen molar-refractivity contribution >= 4 is 17.4 Å². The molecule has 0 radical (unpaired) electrons. The van der Waals surface area contributed by atoms with E-state index in [1.807, 2.05) is 6.92 Å². The van der Waals surface area contributed by atoms with Crippen molar-refractivity contribution in [3.05, 3.63) is 28.2 Å². The molecule has 3 nitrogen and oxygen atoms in total. The van der Waals surface area contributed by atoms with Crippen LogP contribution in [0.25, 0.3) is 0 Å². The molecule has 0 aliphatic heterocycles. The molecule has 0 unspecified atom stereocenters. The van der Waals surface area contributed by atoms with Gasteiger partial charge in [0, 0.05) is 18.8 Å². The van der Waals surface area contributed by atoms with Crippen molar-refractivity contribution in [2.24, 2.45) is 0 Å². The Kier molecular flexibility index (Phi) is 4.07. The zero-order valence-electron chi connectivity index (χ0n) is 8.62. The van der Waals surface area contributed by atoms with Gasteiger partial charge in [-0.2, -0.15) is 11.8 Å². The second kappa shape index (κ2) is 5.10. The molecule has 0 fully saturated rings. The zero-order valence-corrected chi connectivity index (χ0v) is 9.43. The molecule has 4 heteroatoms. The van der Waals surface area contributed by atoms with Crippen LogP contribution in [0.3, 0.4) is 0 Å². The number of aromatic nitrogens is 1. The number of hydrogen-bond donors (Lipinski definition) is 1. The first-order valence-corrected chi connectivity index (χ1v) is 6.00. The Morgan fingerprint density at radius 3 is 2.93 bits per heavy atom. The minimum Gasteiger partial charge on any atom is -0.397 e. The van der Waals surface area contributed by atoms with Crippen molar-refractivity contribution in [2.45, 2.75) is 19.9 Å². The van der Waals surface area contributed by atoms with Gasteiger partial charge in [0.05, 0.1) is 5.69 Å². The maximum atomic E-state index is 11.5. The molecule has 0 saturated carbocycles. The topological polar surface area (TPSA) is 48.0 Å². The Bertz CT molecular complexity index is 360. The highest BCUT2D eigenvalue weighted by Crippen LogP contribution is 2.06. The molecule has 1 rings (SSSR count). The largest absolute Gasteiger partial charge is 0.397 e. The summed E-state index contributed by atoms with van der Waals surface area (Å²) in [5, 5.41) is 0. The molecule has 1 aromatic heterocycles. The predicted molar refractivity (Wildman–Crippen MR) is 62.9 cm³/mol. The van der Waals surface area contributed by atoms with Crippen LogP contribution in [0.2, 0.25) is 0 Å². The van der Waals surface area contributed by atoms with Crippen LogP contribution in [0.1, 0.15) is 12.0 Å². The molecular formula is C10H16N2OS. The lowest BCUT2D eigenvalue weighted by Crippen LogP contribution is -2.20. The van der Waals surface area contributed by atoms with Gasteiger partial charge in [-0.15, -0.1) is 0 Å². The lowest BCUT2D eigenvalue weighted by Gasteiger charge is -2.07. The summed E-state index contributed by atoms with van der Waals surface area (Å²) in [6, 6.07) is 1.59. The average Bonchev–Trinajstić information content (AvgIpc) is 2.14. The molecule has 0 bridgehead atoms. The molecular weight excluding hydrogens is 196 g/mol. The van der Waals surface area contributed by atoms with E-state index in [2.05, 4.69) is 6.26 Å². The van der Waals surface area contributed by atoms with E-state index in [9.17, 15) is 4.79 Å². The standard InChI is InChI=1S/C10H16N2OS/c1-8-6-10(13)12(7-9(8)11)4-3-5-14-2/h6-7H,3-5,11H2,1-2H3. The summed E-state index contributed by atoms with van der Waals surface area (Å²) >= 11 is 1.79. The molecule has 0 aromatic carbocycles. The molecule has 1 heterocycles. The number of pyridine rings is 1. The van der Waals surface area contributed by atoms with Crippen LogP contribution in [0.5, 0.6) is 0 Å². The molecule has 0 aliphatic rings. The van der Waals surface area contributed by atoms with Crippen LogP contribution in [-0.4, -0.2) is 16.6 Å². The van der Waals surface area contributed by atoms with E-state index in [1.54, 1.807) is 28.6 Å². The van der Waals surface area contributed by atoms with Gasteiger partial charge in [-0.25, -0.2) is 0 Å². The molecule has 0 amide bonds. The van der Waals surface area contributed by atoms with Gasteiger partial charge in [0.15, 0.2) is 0 Å². The lowest BCUT2D eigenvalue weighted by molar-refractivity contribution is 0.659. The van der Waals surface area contributed by atoms with E-state index in [4.69, 9.17) is 5.73 Å². The van der Waals surface area contributed by atoms with Crippen LogP contribution >= 0.6 is 11.8 Å². The Morgan fingerprint density at radius 1 is 1.57 bits per heavy atom. The Balaban J connectivity index is 2.77. The zero-order chi connectivity index (χ0) is 10.6. The van der Waals surface area contributed by atoms with Gasteiger partial charge in [-0.1, -0.05) is 0 Å². The normalized spacial score (nSPS) is 10.4. The van der Waals surface area contributed by atoms with Gasteiger partial charge in [0.25, 0.3) is 5.56 Å². The van der Waals surface area contributed by atoms with Gasteiger partial charge >= 0.3 is 0 Å². The summed E-state index contributed by atoms with van der Waals surface area (Å²) in [4.78, 5) is 11.5. The molecule has 14 heavy (non-hydrogen) atoms. The van der Waals surface area contributed by atoms with Gasteiger partial charge in [0.1, 0.15) is 0 Å². The van der Waals surface area contributed by atoms with Crippen LogP contribution in [0.15, 0.2) is 17.1 Å². The third-order valence-corrected chi connectivity index (χ3v) is 2.82. The Morgan fingerprint density at radius 2 is 2.29 bits per heavy atom. The van der Waals surface area contributed by atoms with Gasteiger partial charge in [0.2, 0.25) is 0 Å². The first-order valence-electron chi connectivity index (χ1n) is 4.60. The highest BCUT2D eigenvalue weighted by Gasteiger charge is 1.99. The quantitative estimate of drug-likeness (QED) is 0.769. The molecule has 0 atom stereocenters. The summed E-state index contributed by atoms with van der Waals surface area (Å²) < 4.78 is 1.68. The van der Waals surface area contributed by atoms with Crippen molar-refractivity contribution in [3.63, 3.8) is 0 Å². The number of rotatable bonds is 4. The van der Waals surface area contributed by atoms with E-state index in [0.717, 1.165) is 24.3 Å². The lowest BCUT2D eigenvalue weighted by atomic mass is 10.2. The van der Waals surface area contributed by atoms with Gasteiger partial charge in [-0.05, 0) is 30.9 Å². The number of aryl methyl sites for hydroxylation is 2. The fourth-order valence-electron chi connectivity index (χ4n) is 1.24. The maximum absolute atomic E-state index is 11.5. The van der Waals surface area contributed by atoms with Crippen molar-refractivity contribution in [2.75, 3.05) is 17.7 Å². The van der Waals surface area contributed by atoms with Crippen molar-refractivity contribution < 1.29 is 0 Å². The van der Waals surface area contributed by atoms with Crippen molar-refractivity contribution in [1.82, 2.24) is 4.57 Å². The second-order valence-corrected chi connectivity index (χ2v) is 4.28. The molecule has 0 saturated heterocycles. The average molecular weight is 212 g/mol. The predicted octanol–water partition coefficient (Wildman–Crippen LogP) is 1.49. The molecule has 0 spiro atoms. The Labute approximate surface area is 88.3 Å². The second-order valence-electron chi connectivity index (χ2n) is 3.29. The van der Waals surface area contributed by atoms with Gasteiger partial charge < -0.3 is 10.3 Å². The van der Waals surface area contributed by atoms with Gasteiger partial charge in [-0.3, -0.25) is 4.79 Å². The number of nitrogens with zero attached hydrogens (tertiary/aromatic N) is 1. The molecule has 2 N–H and O–H groups in total. The number of nitrogens with two attached hydrogens (primary N) is 1. The van der Waals surface area contributed by atoms with E-state index in [-0.39, 0.29) is 5.56 Å². The van der Waals surface area contributed by atoms with E-state index < -0.39 is 0 Å². The third-order valence-electron chi connectivity index (χ3n) is 2.12. The van der Waals surface area contributed by atoms with Crippen LogP contribution in [0.4, 0.5) is 5.69 Å². The smallest absolute Gasteiger partial charge is 0.250 e. The Hall–Kier alpha value is -0.900. The highest BCUT2D eigenvalue weighted by molar-refractivity contribution is 7.98.